The van der Waals surface area contributed by atoms with E-state index in [4.69, 9.17) is 0 Å². The van der Waals surface area contributed by atoms with E-state index in [9.17, 15) is 9.59 Å². The summed E-state index contributed by atoms with van der Waals surface area (Å²) in [5, 5.41) is 0. The number of aryl methyl sites for hydroxylation is 1. The fourth-order valence-corrected chi connectivity index (χ4v) is 4.37. The first-order valence-electron chi connectivity index (χ1n) is 10.7. The molecule has 0 aromatic heterocycles. The van der Waals surface area contributed by atoms with E-state index in [0.29, 0.717) is 19.6 Å². The number of nitrogens with zero attached hydrogens (tertiary/aromatic N) is 4. The first kappa shape index (κ1) is 19.4. The van der Waals surface area contributed by atoms with E-state index in [2.05, 4.69) is 9.80 Å². The first-order chi connectivity index (χ1) is 13.6. The Balaban J connectivity index is 1.20. The van der Waals surface area contributed by atoms with Gasteiger partial charge in [0.25, 0.3) is 5.91 Å². The highest BCUT2D eigenvalue weighted by Gasteiger charge is 2.30. The zero-order valence-corrected chi connectivity index (χ0v) is 17.0. The Hall–Kier alpha value is -1.92. The number of amides is 2. The van der Waals surface area contributed by atoms with Crippen LogP contribution in [0.2, 0.25) is 0 Å². The second-order valence-electron chi connectivity index (χ2n) is 8.44. The summed E-state index contributed by atoms with van der Waals surface area (Å²) in [4.78, 5) is 34.0. The molecule has 6 nitrogen and oxygen atoms in total. The van der Waals surface area contributed by atoms with Crippen molar-refractivity contribution in [2.75, 3.05) is 58.9 Å². The van der Waals surface area contributed by atoms with Crippen molar-refractivity contribution in [2.45, 2.75) is 32.2 Å². The minimum Gasteiger partial charge on any atom is -0.339 e. The third-order valence-electron chi connectivity index (χ3n) is 6.57. The zero-order chi connectivity index (χ0) is 19.5. The molecule has 1 aliphatic carbocycles. The number of carbonyl (C=O) groups excluding carboxylic acids is 2. The first-order valence-corrected chi connectivity index (χ1v) is 10.7. The zero-order valence-electron chi connectivity index (χ0n) is 17.0. The van der Waals surface area contributed by atoms with Gasteiger partial charge in [0.05, 0.1) is 6.54 Å². The number of hydrogen-bond acceptors (Lipinski definition) is 4. The summed E-state index contributed by atoms with van der Waals surface area (Å²) >= 11 is 0. The smallest absolute Gasteiger partial charge is 0.253 e. The van der Waals surface area contributed by atoms with Gasteiger partial charge >= 0.3 is 0 Å². The molecule has 0 radical (unpaired) electrons. The summed E-state index contributed by atoms with van der Waals surface area (Å²) in [5.74, 6) is 0.338. The number of piperazine rings is 2. The molecular weight excluding hydrogens is 352 g/mol. The van der Waals surface area contributed by atoms with Crippen LogP contribution in [-0.4, -0.2) is 96.4 Å². The van der Waals surface area contributed by atoms with Gasteiger partial charge in [-0.2, -0.15) is 0 Å². The van der Waals surface area contributed by atoms with Gasteiger partial charge in [0.15, 0.2) is 0 Å². The predicted octanol–water partition coefficient (Wildman–Crippen LogP) is 1.45. The number of hydrogen-bond donors (Lipinski definition) is 0. The topological polar surface area (TPSA) is 47.1 Å². The lowest BCUT2D eigenvalue weighted by molar-refractivity contribution is -0.135. The molecule has 1 aromatic rings. The van der Waals surface area contributed by atoms with Gasteiger partial charge in [0.2, 0.25) is 5.91 Å². The average Bonchev–Trinajstić information content (AvgIpc) is 2.68. The van der Waals surface area contributed by atoms with Crippen molar-refractivity contribution in [1.29, 1.82) is 0 Å². The largest absolute Gasteiger partial charge is 0.339 e. The van der Waals surface area contributed by atoms with Gasteiger partial charge in [0, 0.05) is 64.0 Å². The highest BCUT2D eigenvalue weighted by Crippen LogP contribution is 2.25. The summed E-state index contributed by atoms with van der Waals surface area (Å²) in [6.07, 6.45) is 4.03. The fourth-order valence-electron chi connectivity index (χ4n) is 4.37. The molecule has 0 unspecified atom stereocenters. The molecule has 3 aliphatic rings. The van der Waals surface area contributed by atoms with Crippen molar-refractivity contribution in [3.8, 4) is 0 Å². The number of rotatable bonds is 4. The van der Waals surface area contributed by atoms with E-state index >= 15 is 0 Å². The van der Waals surface area contributed by atoms with Gasteiger partial charge in [-0.15, -0.1) is 0 Å². The van der Waals surface area contributed by atoms with E-state index in [0.717, 1.165) is 56.4 Å². The normalized spacial score (nSPS) is 22.2. The summed E-state index contributed by atoms with van der Waals surface area (Å²) in [6, 6.07) is 8.53. The van der Waals surface area contributed by atoms with Gasteiger partial charge in [-0.05, 0) is 31.9 Å². The highest BCUT2D eigenvalue weighted by atomic mass is 16.2. The van der Waals surface area contributed by atoms with Gasteiger partial charge in [-0.3, -0.25) is 19.4 Å². The molecule has 0 N–H and O–H groups in total. The number of carbonyl (C=O) groups is 2. The Bertz CT molecular complexity index is 685. The van der Waals surface area contributed by atoms with Gasteiger partial charge < -0.3 is 9.80 Å². The maximum atomic E-state index is 12.7. The molecule has 0 bridgehead atoms. The van der Waals surface area contributed by atoms with Crippen LogP contribution in [0, 0.1) is 6.92 Å². The van der Waals surface area contributed by atoms with E-state index in [1.165, 1.54) is 19.3 Å². The van der Waals surface area contributed by atoms with Crippen LogP contribution < -0.4 is 0 Å². The molecule has 0 spiro atoms. The Morgan fingerprint density at radius 3 is 2.04 bits per heavy atom. The van der Waals surface area contributed by atoms with Crippen LogP contribution in [0.15, 0.2) is 24.3 Å². The third kappa shape index (κ3) is 4.39. The van der Waals surface area contributed by atoms with Crippen LogP contribution >= 0.6 is 0 Å². The molecule has 28 heavy (non-hydrogen) atoms. The standard InChI is InChI=1S/C22H32N4O2/c1-18-5-7-19(8-6-18)22(28)26-11-9-23(10-12-26)17-21(27)25-15-13-24(14-16-25)20-3-2-4-20/h5-8,20H,2-4,9-17H2,1H3. The van der Waals surface area contributed by atoms with E-state index in [1.807, 2.05) is 41.0 Å². The lowest BCUT2D eigenvalue weighted by Gasteiger charge is -2.43. The van der Waals surface area contributed by atoms with Crippen molar-refractivity contribution in [3.63, 3.8) is 0 Å². The average molecular weight is 385 g/mol. The molecule has 3 fully saturated rings. The molecule has 1 saturated carbocycles. The quantitative estimate of drug-likeness (QED) is 0.788. The van der Waals surface area contributed by atoms with Crippen LogP contribution in [0.3, 0.4) is 0 Å². The Kier molecular flexibility index (Phi) is 5.97. The van der Waals surface area contributed by atoms with Crippen molar-refractivity contribution < 1.29 is 9.59 Å². The van der Waals surface area contributed by atoms with Crippen molar-refractivity contribution in [1.82, 2.24) is 19.6 Å². The lowest BCUT2D eigenvalue weighted by Crippen LogP contribution is -2.56. The molecule has 0 atom stereocenters. The second-order valence-corrected chi connectivity index (χ2v) is 8.44. The van der Waals surface area contributed by atoms with Gasteiger partial charge in [0.1, 0.15) is 0 Å². The molecular formula is C22H32N4O2. The van der Waals surface area contributed by atoms with Crippen molar-refractivity contribution >= 4 is 11.8 Å². The van der Waals surface area contributed by atoms with Gasteiger partial charge in [-0.25, -0.2) is 0 Å². The van der Waals surface area contributed by atoms with Crippen molar-refractivity contribution in [3.05, 3.63) is 35.4 Å². The van der Waals surface area contributed by atoms with Crippen LogP contribution in [0.25, 0.3) is 0 Å². The SMILES string of the molecule is Cc1ccc(C(=O)N2CCN(CC(=O)N3CCN(C4CCC4)CC3)CC2)cc1. The van der Waals surface area contributed by atoms with E-state index in [1.54, 1.807) is 0 Å². The van der Waals surface area contributed by atoms with Gasteiger partial charge in [-0.1, -0.05) is 24.1 Å². The Morgan fingerprint density at radius 1 is 0.857 bits per heavy atom. The summed E-state index contributed by atoms with van der Waals surface area (Å²) in [7, 11) is 0. The van der Waals surface area contributed by atoms with Crippen LogP contribution in [0.1, 0.15) is 35.2 Å². The summed E-state index contributed by atoms with van der Waals surface area (Å²) < 4.78 is 0. The molecule has 2 aliphatic heterocycles. The molecule has 4 rings (SSSR count). The number of benzene rings is 1. The highest BCUT2D eigenvalue weighted by molar-refractivity contribution is 5.94. The minimum atomic E-state index is 0.0955. The van der Waals surface area contributed by atoms with Crippen LogP contribution in [0.4, 0.5) is 0 Å². The van der Waals surface area contributed by atoms with E-state index < -0.39 is 0 Å². The molecule has 6 heteroatoms. The Labute approximate surface area is 168 Å². The minimum absolute atomic E-state index is 0.0955. The predicted molar refractivity (Wildman–Crippen MR) is 109 cm³/mol. The monoisotopic (exact) mass is 384 g/mol. The summed E-state index contributed by atoms with van der Waals surface area (Å²) in [5.41, 5.74) is 1.91. The second kappa shape index (κ2) is 8.62. The summed E-state index contributed by atoms with van der Waals surface area (Å²) in [6.45, 7) is 9.20. The molecule has 1 aromatic carbocycles. The molecule has 2 heterocycles. The Morgan fingerprint density at radius 2 is 1.46 bits per heavy atom. The maximum absolute atomic E-state index is 12.7. The molecule has 2 saturated heterocycles. The van der Waals surface area contributed by atoms with Crippen LogP contribution in [0.5, 0.6) is 0 Å². The van der Waals surface area contributed by atoms with E-state index in [-0.39, 0.29) is 11.8 Å². The maximum Gasteiger partial charge on any atom is 0.253 e. The van der Waals surface area contributed by atoms with Crippen molar-refractivity contribution in [2.24, 2.45) is 0 Å². The van der Waals surface area contributed by atoms with Crippen LogP contribution in [-0.2, 0) is 4.79 Å². The lowest BCUT2D eigenvalue weighted by atomic mass is 9.91. The molecule has 152 valence electrons. The third-order valence-corrected chi connectivity index (χ3v) is 6.57. The fraction of sp³-hybridized carbons (Fsp3) is 0.636. The molecule has 2 amide bonds.